The topological polar surface area (TPSA) is 102 Å². The second kappa shape index (κ2) is 11.9. The molecule has 0 radical (unpaired) electrons. The lowest BCUT2D eigenvalue weighted by Crippen LogP contribution is -2.33. The SMILES string of the molecule is COC(=O)N[C@@H]1CC[C@H](C(=O)Nc2cc(-c3cc(NCC4CCOCC4)ccc3Cl)c(Cl)cn2)C1. The maximum Gasteiger partial charge on any atom is 0.407 e. The summed E-state index contributed by atoms with van der Waals surface area (Å²) in [6, 6.07) is 7.41. The fourth-order valence-electron chi connectivity index (χ4n) is 4.57. The number of methoxy groups -OCH3 is 1. The first-order chi connectivity index (χ1) is 16.9. The van der Waals surface area contributed by atoms with Gasteiger partial charge in [-0.3, -0.25) is 4.79 Å². The average Bonchev–Trinajstić information content (AvgIpc) is 3.34. The van der Waals surface area contributed by atoms with Gasteiger partial charge in [-0.25, -0.2) is 9.78 Å². The van der Waals surface area contributed by atoms with E-state index in [4.69, 9.17) is 27.9 Å². The molecule has 2 atom stereocenters. The number of halogens is 2. The van der Waals surface area contributed by atoms with Crippen LogP contribution < -0.4 is 16.0 Å². The molecule has 2 amide bonds. The number of benzene rings is 1. The van der Waals surface area contributed by atoms with E-state index in [9.17, 15) is 9.59 Å². The molecular weight excluding hydrogens is 491 g/mol. The van der Waals surface area contributed by atoms with E-state index in [0.29, 0.717) is 40.2 Å². The highest BCUT2D eigenvalue weighted by atomic mass is 35.5. The third-order valence-electron chi connectivity index (χ3n) is 6.61. The lowest BCUT2D eigenvalue weighted by Gasteiger charge is -2.23. The molecule has 8 nitrogen and oxygen atoms in total. The second-order valence-corrected chi connectivity index (χ2v) is 9.83. The molecule has 0 bridgehead atoms. The number of hydrogen-bond donors (Lipinski definition) is 3. The number of carbonyl (C=O) groups excluding carboxylic acids is 2. The normalized spacial score (nSPS) is 20.3. The van der Waals surface area contributed by atoms with Gasteiger partial charge in [-0.1, -0.05) is 23.2 Å². The van der Waals surface area contributed by atoms with Crippen molar-refractivity contribution < 1.29 is 19.1 Å². The number of alkyl carbamates (subject to hydrolysis) is 1. The largest absolute Gasteiger partial charge is 0.453 e. The van der Waals surface area contributed by atoms with Gasteiger partial charge in [0.2, 0.25) is 5.91 Å². The Labute approximate surface area is 215 Å². The molecule has 188 valence electrons. The monoisotopic (exact) mass is 520 g/mol. The minimum absolute atomic E-state index is 0.0814. The van der Waals surface area contributed by atoms with Crippen LogP contribution in [0, 0.1) is 11.8 Å². The molecule has 35 heavy (non-hydrogen) atoms. The van der Waals surface area contributed by atoms with E-state index >= 15 is 0 Å². The molecule has 10 heteroatoms. The van der Waals surface area contributed by atoms with Crippen molar-refractivity contribution in [3.8, 4) is 11.1 Å². The molecule has 4 rings (SSSR count). The second-order valence-electron chi connectivity index (χ2n) is 9.01. The van der Waals surface area contributed by atoms with Gasteiger partial charge in [0.25, 0.3) is 0 Å². The number of amides is 2. The Bertz CT molecular complexity index is 1060. The van der Waals surface area contributed by atoms with Crippen molar-refractivity contribution in [3.05, 3.63) is 40.5 Å². The third-order valence-corrected chi connectivity index (χ3v) is 7.24. The number of nitrogens with one attached hydrogen (secondary N) is 3. The number of pyridine rings is 1. The molecule has 2 aliphatic rings. The van der Waals surface area contributed by atoms with Gasteiger partial charge in [-0.15, -0.1) is 0 Å². The van der Waals surface area contributed by atoms with E-state index in [1.54, 1.807) is 6.07 Å². The number of ether oxygens (including phenoxy) is 2. The first-order valence-corrected chi connectivity index (χ1v) is 12.6. The van der Waals surface area contributed by atoms with Gasteiger partial charge in [-0.05, 0) is 62.3 Å². The zero-order valence-corrected chi connectivity index (χ0v) is 21.1. The molecule has 1 aromatic carbocycles. The summed E-state index contributed by atoms with van der Waals surface area (Å²) in [5.41, 5.74) is 2.40. The lowest BCUT2D eigenvalue weighted by molar-refractivity contribution is -0.119. The van der Waals surface area contributed by atoms with Crippen molar-refractivity contribution in [3.63, 3.8) is 0 Å². The van der Waals surface area contributed by atoms with Crippen LogP contribution >= 0.6 is 23.2 Å². The van der Waals surface area contributed by atoms with Gasteiger partial charge in [0.15, 0.2) is 0 Å². The molecule has 0 unspecified atom stereocenters. The molecule has 3 N–H and O–H groups in total. The highest BCUT2D eigenvalue weighted by Crippen LogP contribution is 2.36. The molecule has 2 heterocycles. The van der Waals surface area contributed by atoms with Gasteiger partial charge in [0.05, 0.1) is 12.1 Å². The van der Waals surface area contributed by atoms with Crippen LogP contribution in [0.2, 0.25) is 10.0 Å². The molecular formula is C25H30Cl2N4O4. The van der Waals surface area contributed by atoms with E-state index in [-0.39, 0.29) is 17.9 Å². The molecule has 1 saturated heterocycles. The summed E-state index contributed by atoms with van der Waals surface area (Å²) in [5.74, 6) is 0.611. The van der Waals surface area contributed by atoms with Crippen molar-refractivity contribution >= 4 is 46.7 Å². The first kappa shape index (κ1) is 25.5. The Morgan fingerprint density at radius 1 is 1.09 bits per heavy atom. The predicted octanol–water partition coefficient (Wildman–Crippen LogP) is 5.36. The Morgan fingerprint density at radius 3 is 2.63 bits per heavy atom. The van der Waals surface area contributed by atoms with Crippen molar-refractivity contribution in [2.75, 3.05) is 37.5 Å². The summed E-state index contributed by atoms with van der Waals surface area (Å²) in [6.07, 6.45) is 5.07. The fourth-order valence-corrected chi connectivity index (χ4v) is 5.00. The maximum absolute atomic E-state index is 12.8. The minimum Gasteiger partial charge on any atom is -0.453 e. The smallest absolute Gasteiger partial charge is 0.407 e. The maximum atomic E-state index is 12.8. The molecule has 1 aliphatic carbocycles. The van der Waals surface area contributed by atoms with Gasteiger partial charge in [-0.2, -0.15) is 0 Å². The van der Waals surface area contributed by atoms with Crippen molar-refractivity contribution in [1.82, 2.24) is 10.3 Å². The van der Waals surface area contributed by atoms with Crippen LogP contribution in [0.15, 0.2) is 30.5 Å². The zero-order valence-electron chi connectivity index (χ0n) is 19.6. The number of rotatable bonds is 7. The summed E-state index contributed by atoms with van der Waals surface area (Å²) in [5, 5.41) is 10.1. The van der Waals surface area contributed by atoms with E-state index in [2.05, 4.69) is 25.7 Å². The van der Waals surface area contributed by atoms with Gasteiger partial charge in [0.1, 0.15) is 5.82 Å². The van der Waals surface area contributed by atoms with Crippen LogP contribution in [0.25, 0.3) is 11.1 Å². The number of carbonyl (C=O) groups is 2. The third kappa shape index (κ3) is 6.78. The van der Waals surface area contributed by atoms with Crippen LogP contribution in [-0.2, 0) is 14.3 Å². The molecule has 0 spiro atoms. The zero-order chi connectivity index (χ0) is 24.8. The molecule has 1 aliphatic heterocycles. The van der Waals surface area contributed by atoms with Crippen molar-refractivity contribution in [2.24, 2.45) is 11.8 Å². The van der Waals surface area contributed by atoms with Crippen LogP contribution in [0.4, 0.5) is 16.3 Å². The molecule has 1 saturated carbocycles. The van der Waals surface area contributed by atoms with Gasteiger partial charge >= 0.3 is 6.09 Å². The van der Waals surface area contributed by atoms with Gasteiger partial charge < -0.3 is 25.4 Å². The number of anilines is 2. The standard InChI is InChI=1S/C25H30Cl2N4O4/c1-34-25(33)30-18-3-2-16(10-18)24(32)31-23-12-20(22(27)14-29-23)19-11-17(4-5-21(19)26)28-13-15-6-8-35-9-7-15/h4-5,11-12,14-16,18,28H,2-3,6-10,13H2,1H3,(H,30,33)(H,29,31,32)/t16-,18+/m0/s1. The quantitative estimate of drug-likeness (QED) is 0.454. The fraction of sp³-hybridized carbons (Fsp3) is 0.480. The van der Waals surface area contributed by atoms with E-state index in [0.717, 1.165) is 50.3 Å². The lowest BCUT2D eigenvalue weighted by atomic mass is 10.00. The highest BCUT2D eigenvalue weighted by molar-refractivity contribution is 6.36. The number of aromatic nitrogens is 1. The Hall–Kier alpha value is -2.55. The number of hydrogen-bond acceptors (Lipinski definition) is 6. The van der Waals surface area contributed by atoms with E-state index in [1.165, 1.54) is 13.3 Å². The van der Waals surface area contributed by atoms with Crippen molar-refractivity contribution in [1.29, 1.82) is 0 Å². The number of nitrogens with zero attached hydrogens (tertiary/aromatic N) is 1. The van der Waals surface area contributed by atoms with E-state index in [1.807, 2.05) is 18.2 Å². The Morgan fingerprint density at radius 2 is 1.86 bits per heavy atom. The highest BCUT2D eigenvalue weighted by Gasteiger charge is 2.31. The van der Waals surface area contributed by atoms with Crippen LogP contribution in [0.3, 0.4) is 0 Å². The minimum atomic E-state index is -0.485. The predicted molar refractivity (Wildman–Crippen MR) is 137 cm³/mol. The molecule has 1 aromatic heterocycles. The summed E-state index contributed by atoms with van der Waals surface area (Å²) in [4.78, 5) is 28.5. The van der Waals surface area contributed by atoms with E-state index < -0.39 is 6.09 Å². The Balaban J connectivity index is 1.43. The first-order valence-electron chi connectivity index (χ1n) is 11.9. The summed E-state index contributed by atoms with van der Waals surface area (Å²) in [7, 11) is 1.32. The molecule has 2 fully saturated rings. The van der Waals surface area contributed by atoms with Crippen molar-refractivity contribution in [2.45, 2.75) is 38.1 Å². The van der Waals surface area contributed by atoms with Crippen LogP contribution in [-0.4, -0.2) is 49.9 Å². The van der Waals surface area contributed by atoms with Crippen LogP contribution in [0.1, 0.15) is 32.1 Å². The summed E-state index contributed by atoms with van der Waals surface area (Å²) >= 11 is 13.0. The van der Waals surface area contributed by atoms with Gasteiger partial charge in [0, 0.05) is 59.8 Å². The van der Waals surface area contributed by atoms with Crippen LogP contribution in [0.5, 0.6) is 0 Å². The Kier molecular flexibility index (Phi) is 8.70. The summed E-state index contributed by atoms with van der Waals surface area (Å²) in [6.45, 7) is 2.48. The average molecular weight is 521 g/mol. The molecule has 2 aromatic rings. The summed E-state index contributed by atoms with van der Waals surface area (Å²) < 4.78 is 10.1.